The molecule has 2 nitrogen and oxygen atoms in total. The highest BCUT2D eigenvalue weighted by atomic mass is 35.5. The van der Waals surface area contributed by atoms with Crippen LogP contribution in [0, 0.1) is 0 Å². The third-order valence-corrected chi connectivity index (χ3v) is 3.31. The van der Waals surface area contributed by atoms with E-state index < -0.39 is 18.6 Å². The molecule has 0 bridgehead atoms. The molecule has 0 aliphatic heterocycles. The Bertz CT molecular complexity index is 563. The molecule has 6 heteroatoms. The number of aromatic nitrogens is 1. The first-order valence-electron chi connectivity index (χ1n) is 5.92. The zero-order valence-corrected chi connectivity index (χ0v) is 11.1. The number of nitrogens with one attached hydrogen (secondary N) is 2. The van der Waals surface area contributed by atoms with E-state index in [-0.39, 0.29) is 6.54 Å². The van der Waals surface area contributed by atoms with Gasteiger partial charge in [-0.1, -0.05) is 29.8 Å². The van der Waals surface area contributed by atoms with Crippen molar-refractivity contribution >= 4 is 22.5 Å². The van der Waals surface area contributed by atoms with Gasteiger partial charge < -0.3 is 10.3 Å². The fourth-order valence-electron chi connectivity index (χ4n) is 1.98. The van der Waals surface area contributed by atoms with Crippen molar-refractivity contribution in [2.75, 3.05) is 0 Å². The Morgan fingerprint density at radius 2 is 2.00 bits per heavy atom. The van der Waals surface area contributed by atoms with Crippen LogP contribution >= 0.6 is 11.6 Å². The molecule has 2 rings (SSSR count). The van der Waals surface area contributed by atoms with E-state index in [1.165, 1.54) is 6.92 Å². The molecule has 0 radical (unpaired) electrons. The van der Waals surface area contributed by atoms with Crippen LogP contribution in [0.25, 0.3) is 10.9 Å². The van der Waals surface area contributed by atoms with Gasteiger partial charge in [0.2, 0.25) is 0 Å². The lowest BCUT2D eigenvalue weighted by atomic mass is 10.2. The Hall–Kier alpha value is -1.20. The van der Waals surface area contributed by atoms with Gasteiger partial charge in [-0.15, -0.1) is 0 Å². The quantitative estimate of drug-likeness (QED) is 0.865. The summed E-state index contributed by atoms with van der Waals surface area (Å²) in [6.07, 6.45) is -5.01. The van der Waals surface area contributed by atoms with E-state index in [9.17, 15) is 13.2 Å². The summed E-state index contributed by atoms with van der Waals surface area (Å²) < 4.78 is 36.6. The van der Waals surface area contributed by atoms with E-state index in [2.05, 4.69) is 10.3 Å². The highest BCUT2D eigenvalue weighted by Crippen LogP contribution is 2.27. The second-order valence-corrected chi connectivity index (χ2v) is 4.94. The number of H-pyrrole nitrogens is 1. The molecule has 0 fully saturated rings. The molecule has 2 aromatic rings. The summed E-state index contributed by atoms with van der Waals surface area (Å²) in [4.78, 5) is 3.11. The van der Waals surface area contributed by atoms with Crippen molar-refractivity contribution in [2.24, 2.45) is 0 Å². The normalized spacial score (nSPS) is 13.9. The molecule has 0 spiro atoms. The molecule has 0 amide bonds. The molecule has 19 heavy (non-hydrogen) atoms. The molecule has 1 aromatic heterocycles. The topological polar surface area (TPSA) is 27.8 Å². The number of aromatic amines is 1. The van der Waals surface area contributed by atoms with Crippen LogP contribution in [0.3, 0.4) is 0 Å². The second-order valence-electron chi connectivity index (χ2n) is 4.56. The number of rotatable bonds is 4. The first kappa shape index (κ1) is 14.2. The third kappa shape index (κ3) is 3.64. The molecule has 0 aliphatic carbocycles. The van der Waals surface area contributed by atoms with Gasteiger partial charge in [-0.05, 0) is 13.0 Å². The minimum Gasteiger partial charge on any atom is -0.356 e. The van der Waals surface area contributed by atoms with Gasteiger partial charge >= 0.3 is 6.18 Å². The van der Waals surface area contributed by atoms with Gasteiger partial charge in [-0.3, -0.25) is 0 Å². The molecule has 1 aromatic carbocycles. The van der Waals surface area contributed by atoms with Gasteiger partial charge in [0.05, 0.1) is 11.4 Å². The van der Waals surface area contributed by atoms with Crippen molar-refractivity contribution in [3.63, 3.8) is 0 Å². The predicted molar refractivity (Wildman–Crippen MR) is 70.3 cm³/mol. The van der Waals surface area contributed by atoms with Crippen molar-refractivity contribution in [2.45, 2.75) is 32.1 Å². The number of fused-ring (bicyclic) bond motifs is 1. The SMILES string of the molecule is CC(CC(F)(F)F)NCc1[nH]c2ccccc2c1Cl. The maximum absolute atomic E-state index is 12.2. The highest BCUT2D eigenvalue weighted by molar-refractivity contribution is 6.36. The smallest absolute Gasteiger partial charge is 0.356 e. The number of alkyl halides is 3. The standard InChI is InChI=1S/C13H14ClF3N2/c1-8(6-13(15,16)17)18-7-11-12(14)9-4-2-3-5-10(9)19-11/h2-5,8,18-19H,6-7H2,1H3. The van der Waals surface area contributed by atoms with Crippen LogP contribution in [-0.4, -0.2) is 17.2 Å². The maximum atomic E-state index is 12.2. The Morgan fingerprint density at radius 3 is 2.63 bits per heavy atom. The molecule has 0 saturated carbocycles. The predicted octanol–water partition coefficient (Wildman–Crippen LogP) is 4.25. The van der Waals surface area contributed by atoms with Crippen LogP contribution in [0.5, 0.6) is 0 Å². The summed E-state index contributed by atoms with van der Waals surface area (Å²) in [6, 6.07) is 6.84. The van der Waals surface area contributed by atoms with Gasteiger partial charge in [-0.25, -0.2) is 0 Å². The van der Waals surface area contributed by atoms with Crippen molar-refractivity contribution < 1.29 is 13.2 Å². The molecule has 1 atom stereocenters. The van der Waals surface area contributed by atoms with Crippen LogP contribution in [0.2, 0.25) is 5.02 Å². The Morgan fingerprint density at radius 1 is 1.32 bits per heavy atom. The second kappa shape index (κ2) is 5.43. The van der Waals surface area contributed by atoms with Gasteiger partial charge in [0.15, 0.2) is 0 Å². The van der Waals surface area contributed by atoms with Crippen LogP contribution in [0.1, 0.15) is 19.0 Å². The number of halogens is 4. The van der Waals surface area contributed by atoms with Crippen molar-refractivity contribution in [1.29, 1.82) is 0 Å². The van der Waals surface area contributed by atoms with Gasteiger partial charge in [0.25, 0.3) is 0 Å². The van der Waals surface area contributed by atoms with Gasteiger partial charge in [0.1, 0.15) is 0 Å². The fraction of sp³-hybridized carbons (Fsp3) is 0.385. The van der Waals surface area contributed by atoms with Crippen molar-refractivity contribution in [3.05, 3.63) is 35.0 Å². The molecule has 1 heterocycles. The third-order valence-electron chi connectivity index (χ3n) is 2.88. The fourth-order valence-corrected chi connectivity index (χ4v) is 2.26. The Balaban J connectivity index is 2.04. The largest absolute Gasteiger partial charge is 0.390 e. The van der Waals surface area contributed by atoms with Crippen LogP contribution in [0.4, 0.5) is 13.2 Å². The van der Waals surface area contributed by atoms with Crippen LogP contribution < -0.4 is 5.32 Å². The minimum atomic E-state index is -4.16. The zero-order valence-electron chi connectivity index (χ0n) is 10.3. The number of benzene rings is 1. The van der Waals surface area contributed by atoms with Crippen molar-refractivity contribution in [3.8, 4) is 0 Å². The van der Waals surface area contributed by atoms with E-state index in [1.54, 1.807) is 0 Å². The number of hydrogen-bond acceptors (Lipinski definition) is 1. The number of hydrogen-bond donors (Lipinski definition) is 2. The Kier molecular flexibility index (Phi) is 4.06. The molecule has 1 unspecified atom stereocenters. The van der Waals surface area contributed by atoms with Gasteiger partial charge in [0, 0.05) is 29.2 Å². The van der Waals surface area contributed by atoms with E-state index in [0.717, 1.165) is 10.9 Å². The molecule has 104 valence electrons. The van der Waals surface area contributed by atoms with E-state index >= 15 is 0 Å². The first-order valence-corrected chi connectivity index (χ1v) is 6.30. The number of para-hydroxylation sites is 1. The van der Waals surface area contributed by atoms with E-state index in [0.29, 0.717) is 10.7 Å². The lowest BCUT2D eigenvalue weighted by Gasteiger charge is -2.15. The lowest BCUT2D eigenvalue weighted by molar-refractivity contribution is -0.139. The van der Waals surface area contributed by atoms with Gasteiger partial charge in [-0.2, -0.15) is 13.2 Å². The van der Waals surface area contributed by atoms with E-state index in [1.807, 2.05) is 24.3 Å². The summed E-state index contributed by atoms with van der Waals surface area (Å²) in [5, 5.41) is 4.26. The molecular formula is C13H14ClF3N2. The molecular weight excluding hydrogens is 277 g/mol. The van der Waals surface area contributed by atoms with Crippen LogP contribution in [-0.2, 0) is 6.54 Å². The Labute approximate surface area is 113 Å². The maximum Gasteiger partial charge on any atom is 0.390 e. The summed E-state index contributed by atoms with van der Waals surface area (Å²) >= 11 is 6.18. The monoisotopic (exact) mass is 290 g/mol. The average Bonchev–Trinajstić information content (AvgIpc) is 2.62. The summed E-state index contributed by atoms with van der Waals surface area (Å²) in [6.45, 7) is 1.79. The summed E-state index contributed by atoms with van der Waals surface area (Å²) in [7, 11) is 0. The lowest BCUT2D eigenvalue weighted by Crippen LogP contribution is -2.30. The molecule has 0 saturated heterocycles. The molecule has 2 N–H and O–H groups in total. The van der Waals surface area contributed by atoms with Crippen LogP contribution in [0.15, 0.2) is 24.3 Å². The summed E-state index contributed by atoms with van der Waals surface area (Å²) in [5.41, 5.74) is 1.59. The zero-order chi connectivity index (χ0) is 14.0. The summed E-state index contributed by atoms with van der Waals surface area (Å²) in [5.74, 6) is 0. The first-order chi connectivity index (χ1) is 8.87. The highest BCUT2D eigenvalue weighted by Gasteiger charge is 2.29. The van der Waals surface area contributed by atoms with Crippen molar-refractivity contribution in [1.82, 2.24) is 10.3 Å². The van der Waals surface area contributed by atoms with E-state index in [4.69, 9.17) is 11.6 Å². The molecule has 0 aliphatic rings. The minimum absolute atomic E-state index is 0.282. The average molecular weight is 291 g/mol.